The lowest BCUT2D eigenvalue weighted by Gasteiger charge is -2.05. The van der Waals surface area contributed by atoms with E-state index in [0.29, 0.717) is 5.56 Å². The van der Waals surface area contributed by atoms with E-state index >= 15 is 0 Å². The minimum absolute atomic E-state index is 0.00529. The van der Waals surface area contributed by atoms with Crippen molar-refractivity contribution in [1.29, 1.82) is 0 Å². The number of nitrogens with one attached hydrogen (secondary N) is 2. The molecule has 0 aliphatic carbocycles. The third kappa shape index (κ3) is 5.48. The first-order valence-electron chi connectivity index (χ1n) is 7.56. The van der Waals surface area contributed by atoms with Gasteiger partial charge in [0.1, 0.15) is 5.82 Å². The average molecular weight is 358 g/mol. The van der Waals surface area contributed by atoms with Gasteiger partial charge in [0.05, 0.1) is 16.7 Å². The molecule has 26 heavy (non-hydrogen) atoms. The Balaban J connectivity index is 1.77. The molecule has 2 amide bonds. The van der Waals surface area contributed by atoms with E-state index in [2.05, 4.69) is 15.8 Å². The second-order valence-corrected chi connectivity index (χ2v) is 5.13. The van der Waals surface area contributed by atoms with E-state index in [0.717, 1.165) is 0 Å². The molecule has 0 bridgehead atoms. The van der Waals surface area contributed by atoms with Crippen LogP contribution in [-0.2, 0) is 4.79 Å². The molecular weight excluding hydrogens is 343 g/mol. The van der Waals surface area contributed by atoms with Crippen molar-refractivity contribution in [2.24, 2.45) is 5.10 Å². The summed E-state index contributed by atoms with van der Waals surface area (Å²) in [4.78, 5) is 33.5. The summed E-state index contributed by atoms with van der Waals surface area (Å²) >= 11 is 0. The molecule has 2 aromatic carbocycles. The third-order valence-electron chi connectivity index (χ3n) is 3.24. The van der Waals surface area contributed by atoms with Crippen molar-refractivity contribution in [3.8, 4) is 0 Å². The number of halogens is 1. The fourth-order valence-corrected chi connectivity index (χ4v) is 1.98. The predicted octanol–water partition coefficient (Wildman–Crippen LogP) is 2.00. The van der Waals surface area contributed by atoms with Gasteiger partial charge in [0, 0.05) is 30.7 Å². The van der Waals surface area contributed by atoms with Crippen LogP contribution in [0.2, 0.25) is 0 Å². The molecule has 9 heteroatoms. The Bertz CT molecular complexity index is 854. The monoisotopic (exact) mass is 358 g/mol. The van der Waals surface area contributed by atoms with Gasteiger partial charge in [-0.3, -0.25) is 19.7 Å². The highest BCUT2D eigenvalue weighted by molar-refractivity contribution is 5.94. The van der Waals surface area contributed by atoms with E-state index in [1.165, 1.54) is 48.7 Å². The van der Waals surface area contributed by atoms with Gasteiger partial charge in [-0.2, -0.15) is 5.10 Å². The number of amides is 2. The normalized spacial score (nSPS) is 10.5. The molecule has 0 aliphatic heterocycles. The lowest BCUT2D eigenvalue weighted by Crippen LogP contribution is -2.29. The zero-order valence-electron chi connectivity index (χ0n) is 13.5. The first-order chi connectivity index (χ1) is 12.5. The van der Waals surface area contributed by atoms with Crippen molar-refractivity contribution >= 4 is 23.7 Å². The minimum Gasteiger partial charge on any atom is -0.351 e. The summed E-state index contributed by atoms with van der Waals surface area (Å²) < 4.78 is 13.4. The van der Waals surface area contributed by atoms with E-state index < -0.39 is 22.6 Å². The number of hydrazone groups is 1. The topological polar surface area (TPSA) is 114 Å². The molecular formula is C17H15FN4O4. The Hall–Kier alpha value is -3.62. The quantitative estimate of drug-likeness (QED) is 0.448. The second-order valence-electron chi connectivity index (χ2n) is 5.13. The highest BCUT2D eigenvalue weighted by Gasteiger charge is 2.10. The van der Waals surface area contributed by atoms with Gasteiger partial charge in [-0.05, 0) is 12.1 Å². The molecule has 0 aromatic heterocycles. The van der Waals surface area contributed by atoms with Gasteiger partial charge in [0.25, 0.3) is 11.6 Å². The summed E-state index contributed by atoms with van der Waals surface area (Å²) in [6.45, 7) is 0.00529. The highest BCUT2D eigenvalue weighted by atomic mass is 19.1. The molecule has 2 rings (SSSR count). The molecule has 0 spiro atoms. The summed E-state index contributed by atoms with van der Waals surface area (Å²) in [5, 5.41) is 16.8. The second kappa shape index (κ2) is 9.02. The maximum Gasteiger partial charge on any atom is 0.270 e. The number of rotatable bonds is 7. The van der Waals surface area contributed by atoms with Crippen LogP contribution in [0.1, 0.15) is 22.3 Å². The van der Waals surface area contributed by atoms with Crippen molar-refractivity contribution in [1.82, 2.24) is 10.7 Å². The SMILES string of the molecule is O=C(CCNC(=O)c1ccccc1F)NN=Cc1cccc([N+](=O)[O-])c1. The minimum atomic E-state index is -0.643. The number of carbonyl (C=O) groups excluding carboxylic acids is 2. The molecule has 0 fully saturated rings. The van der Waals surface area contributed by atoms with E-state index in [9.17, 15) is 24.1 Å². The van der Waals surface area contributed by atoms with Gasteiger partial charge in [-0.1, -0.05) is 24.3 Å². The van der Waals surface area contributed by atoms with Gasteiger partial charge < -0.3 is 5.32 Å². The number of nitro benzene ring substituents is 1. The van der Waals surface area contributed by atoms with E-state index in [1.807, 2.05) is 0 Å². The fraction of sp³-hybridized carbons (Fsp3) is 0.118. The van der Waals surface area contributed by atoms with Crippen LogP contribution in [-0.4, -0.2) is 29.5 Å². The van der Waals surface area contributed by atoms with Crippen molar-refractivity contribution in [2.75, 3.05) is 6.54 Å². The molecule has 0 radical (unpaired) electrons. The number of nitro groups is 1. The van der Waals surface area contributed by atoms with Crippen LogP contribution < -0.4 is 10.7 Å². The Morgan fingerprint density at radius 3 is 2.69 bits per heavy atom. The average Bonchev–Trinajstić information content (AvgIpc) is 2.62. The molecule has 0 atom stereocenters. The molecule has 8 nitrogen and oxygen atoms in total. The maximum atomic E-state index is 13.4. The summed E-state index contributed by atoms with van der Waals surface area (Å²) in [5.74, 6) is -1.73. The first kappa shape index (κ1) is 18.7. The van der Waals surface area contributed by atoms with Crippen LogP contribution >= 0.6 is 0 Å². The van der Waals surface area contributed by atoms with Crippen LogP contribution in [0.5, 0.6) is 0 Å². The largest absolute Gasteiger partial charge is 0.351 e. The smallest absolute Gasteiger partial charge is 0.270 e. The number of hydrogen-bond donors (Lipinski definition) is 2. The summed E-state index contributed by atoms with van der Waals surface area (Å²) in [6, 6.07) is 11.3. The first-order valence-corrected chi connectivity index (χ1v) is 7.56. The Labute approximate surface area is 147 Å². The fourth-order valence-electron chi connectivity index (χ4n) is 1.98. The number of non-ortho nitro benzene ring substituents is 1. The standard InChI is InChI=1S/C17H15FN4O4/c18-15-7-2-1-6-14(15)17(24)19-9-8-16(23)21-20-11-12-4-3-5-13(10-12)22(25)26/h1-7,10-11H,8-9H2,(H,19,24)(H,21,23). The highest BCUT2D eigenvalue weighted by Crippen LogP contribution is 2.11. The number of hydrogen-bond acceptors (Lipinski definition) is 5. The van der Waals surface area contributed by atoms with Crippen LogP contribution in [0.25, 0.3) is 0 Å². The van der Waals surface area contributed by atoms with Crippen LogP contribution in [0.3, 0.4) is 0 Å². The molecule has 0 heterocycles. The molecule has 0 saturated carbocycles. The van der Waals surface area contributed by atoms with Gasteiger partial charge in [0.15, 0.2) is 0 Å². The van der Waals surface area contributed by atoms with Crippen LogP contribution in [0.15, 0.2) is 53.6 Å². The lowest BCUT2D eigenvalue weighted by atomic mass is 10.2. The van der Waals surface area contributed by atoms with Crippen LogP contribution in [0, 0.1) is 15.9 Å². The zero-order chi connectivity index (χ0) is 18.9. The molecule has 2 N–H and O–H groups in total. The Morgan fingerprint density at radius 1 is 1.19 bits per heavy atom. The van der Waals surface area contributed by atoms with Crippen molar-refractivity contribution in [2.45, 2.75) is 6.42 Å². The Kier molecular flexibility index (Phi) is 6.49. The Morgan fingerprint density at radius 2 is 1.96 bits per heavy atom. The molecule has 0 aliphatic rings. The lowest BCUT2D eigenvalue weighted by molar-refractivity contribution is -0.384. The number of nitrogens with zero attached hydrogens (tertiary/aromatic N) is 2. The molecule has 0 saturated heterocycles. The van der Waals surface area contributed by atoms with Gasteiger partial charge in [-0.25, -0.2) is 9.82 Å². The van der Waals surface area contributed by atoms with Gasteiger partial charge in [-0.15, -0.1) is 0 Å². The molecule has 134 valence electrons. The number of benzene rings is 2. The zero-order valence-corrected chi connectivity index (χ0v) is 13.5. The van der Waals surface area contributed by atoms with Gasteiger partial charge in [0.2, 0.25) is 5.91 Å². The predicted molar refractivity (Wildman–Crippen MR) is 92.2 cm³/mol. The van der Waals surface area contributed by atoms with Crippen molar-refractivity contribution < 1.29 is 18.9 Å². The van der Waals surface area contributed by atoms with E-state index in [1.54, 1.807) is 6.07 Å². The van der Waals surface area contributed by atoms with Gasteiger partial charge >= 0.3 is 0 Å². The summed E-state index contributed by atoms with van der Waals surface area (Å²) in [7, 11) is 0. The number of carbonyl (C=O) groups is 2. The van der Waals surface area contributed by atoms with E-state index in [4.69, 9.17) is 0 Å². The van der Waals surface area contributed by atoms with Crippen molar-refractivity contribution in [3.05, 3.63) is 75.6 Å². The summed E-state index contributed by atoms with van der Waals surface area (Å²) in [6.07, 6.45) is 1.20. The molecule has 0 unspecified atom stereocenters. The summed E-state index contributed by atoms with van der Waals surface area (Å²) in [5.41, 5.74) is 2.50. The van der Waals surface area contributed by atoms with Crippen molar-refractivity contribution in [3.63, 3.8) is 0 Å². The molecule has 2 aromatic rings. The third-order valence-corrected chi connectivity index (χ3v) is 3.24. The van der Waals surface area contributed by atoms with E-state index in [-0.39, 0.29) is 24.2 Å². The maximum absolute atomic E-state index is 13.4. The van der Waals surface area contributed by atoms with Crippen LogP contribution in [0.4, 0.5) is 10.1 Å².